The molecule has 0 spiro atoms. The molecule has 0 N–H and O–H groups in total. The van der Waals surface area contributed by atoms with E-state index in [9.17, 15) is 4.79 Å². The zero-order valence-corrected chi connectivity index (χ0v) is 24.9. The van der Waals surface area contributed by atoms with E-state index < -0.39 is 24.0 Å². The van der Waals surface area contributed by atoms with Gasteiger partial charge in [0.15, 0.2) is 0 Å². The molecule has 0 fully saturated rings. The summed E-state index contributed by atoms with van der Waals surface area (Å²) in [6.45, 7) is 16.3. The predicted octanol–water partition coefficient (Wildman–Crippen LogP) is 8.76. The summed E-state index contributed by atoms with van der Waals surface area (Å²) < 4.78 is 11.7. The third-order valence-corrected chi connectivity index (χ3v) is 22.7. The molecule has 0 aliphatic rings. The van der Waals surface area contributed by atoms with Crippen LogP contribution in [-0.4, -0.2) is 41.5 Å². The van der Waals surface area contributed by atoms with Crippen LogP contribution >= 0.6 is 0 Å². The van der Waals surface area contributed by atoms with Gasteiger partial charge in [-0.3, -0.25) is 0 Å². The zero-order chi connectivity index (χ0) is 24.0. The van der Waals surface area contributed by atoms with Gasteiger partial charge in [0.25, 0.3) is 0 Å². The van der Waals surface area contributed by atoms with E-state index in [1.165, 1.54) is 51.8 Å². The van der Waals surface area contributed by atoms with Crippen molar-refractivity contribution >= 4 is 24.5 Å². The Morgan fingerprint density at radius 3 is 1.84 bits per heavy atom. The van der Waals surface area contributed by atoms with Crippen molar-refractivity contribution in [2.75, 3.05) is 6.54 Å². The van der Waals surface area contributed by atoms with Crippen LogP contribution in [0.25, 0.3) is 0 Å². The minimum absolute atomic E-state index is 0.192. The number of hydrogen-bond acceptors (Lipinski definition) is 2. The molecule has 3 nitrogen and oxygen atoms in total. The molecule has 0 heterocycles. The van der Waals surface area contributed by atoms with E-state index in [1.54, 1.807) is 3.59 Å². The monoisotopic (exact) mass is 551 g/mol. The number of carbonyl (C=O) groups is 1. The van der Waals surface area contributed by atoms with Crippen LogP contribution in [0.4, 0.5) is 4.79 Å². The van der Waals surface area contributed by atoms with E-state index in [4.69, 9.17) is 4.74 Å². The summed E-state index contributed by atoms with van der Waals surface area (Å²) in [6, 6.07) is 10.3. The molecule has 1 amide bonds. The first-order valence-corrected chi connectivity index (χ1v) is 20.4. The van der Waals surface area contributed by atoms with Crippen molar-refractivity contribution in [3.63, 3.8) is 0 Å². The molecule has 0 bridgehead atoms. The van der Waals surface area contributed by atoms with Crippen LogP contribution in [0.5, 0.6) is 0 Å². The average molecular weight is 550 g/mol. The standard InChI is InChI=1S/C16H22NO2.3C4H9.Sn/c1-5-6-12-17(15(18)19-16(2,3)4)13-14-10-8-7-9-11-14;3*1-3-4-2;/h5,7-11H,12-13H2,1-4H3;3*1,3-4H2,2H3;. The summed E-state index contributed by atoms with van der Waals surface area (Å²) in [7, 11) is 0. The minimum atomic E-state index is -2.60. The average Bonchev–Trinajstić information content (AvgIpc) is 2.76. The van der Waals surface area contributed by atoms with E-state index >= 15 is 0 Å². The number of hydrogen-bond donors (Lipinski definition) is 0. The van der Waals surface area contributed by atoms with Gasteiger partial charge in [0.1, 0.15) is 0 Å². The molecule has 0 aliphatic carbocycles. The van der Waals surface area contributed by atoms with Crippen LogP contribution in [0.3, 0.4) is 0 Å². The van der Waals surface area contributed by atoms with Gasteiger partial charge in [0.2, 0.25) is 0 Å². The van der Waals surface area contributed by atoms with E-state index in [0.717, 1.165) is 12.1 Å². The van der Waals surface area contributed by atoms with Gasteiger partial charge in [0.05, 0.1) is 0 Å². The Kier molecular flexibility index (Phi) is 13.7. The molecule has 182 valence electrons. The van der Waals surface area contributed by atoms with Gasteiger partial charge in [0, 0.05) is 0 Å². The number of ether oxygens (including phenoxy) is 1. The van der Waals surface area contributed by atoms with Crippen molar-refractivity contribution in [3.05, 3.63) is 45.6 Å². The fourth-order valence-corrected chi connectivity index (χ4v) is 21.5. The maximum atomic E-state index is 13.3. The van der Waals surface area contributed by atoms with Gasteiger partial charge in [-0.25, -0.2) is 0 Å². The SMILES string of the molecule is C/C=[C](/CN(Cc1ccccc1)C(=O)OC(C)(C)C)[Sn]([CH2]CCC)([CH2]CCC)[CH2]CCC. The van der Waals surface area contributed by atoms with Crippen LogP contribution in [-0.2, 0) is 11.3 Å². The van der Waals surface area contributed by atoms with Crippen LogP contribution in [0.15, 0.2) is 40.0 Å². The van der Waals surface area contributed by atoms with Gasteiger partial charge >= 0.3 is 203 Å². The van der Waals surface area contributed by atoms with Gasteiger partial charge in [-0.2, -0.15) is 0 Å². The molecular formula is C28H49NO2Sn. The Morgan fingerprint density at radius 2 is 1.44 bits per heavy atom. The van der Waals surface area contributed by atoms with Crippen LogP contribution in [0.1, 0.15) is 92.6 Å². The number of carbonyl (C=O) groups excluding carboxylic acids is 1. The van der Waals surface area contributed by atoms with Gasteiger partial charge < -0.3 is 0 Å². The van der Waals surface area contributed by atoms with E-state index in [2.05, 4.69) is 45.9 Å². The second-order valence-electron chi connectivity index (χ2n) is 10.2. The first-order chi connectivity index (χ1) is 15.2. The number of allylic oxidation sites excluding steroid dienone is 1. The summed E-state index contributed by atoms with van der Waals surface area (Å²) >= 11 is -2.60. The van der Waals surface area contributed by atoms with Crippen molar-refractivity contribution < 1.29 is 9.53 Å². The Balaban J connectivity index is 3.28. The Bertz CT molecular complexity index is 657. The Hall–Kier alpha value is -0.971. The molecule has 32 heavy (non-hydrogen) atoms. The van der Waals surface area contributed by atoms with Crippen molar-refractivity contribution in [2.45, 2.75) is 112 Å². The van der Waals surface area contributed by atoms with E-state index in [0.29, 0.717) is 6.54 Å². The molecule has 1 rings (SSSR count). The number of nitrogens with zero attached hydrogens (tertiary/aromatic N) is 1. The van der Waals surface area contributed by atoms with Crippen LogP contribution in [0.2, 0.25) is 13.3 Å². The molecule has 0 saturated carbocycles. The molecular weight excluding hydrogens is 501 g/mol. The fourth-order valence-electron chi connectivity index (χ4n) is 4.49. The molecule has 4 heteroatoms. The van der Waals surface area contributed by atoms with E-state index in [1.807, 2.05) is 43.9 Å². The number of rotatable bonds is 14. The zero-order valence-electron chi connectivity index (χ0n) is 22.0. The molecule has 0 saturated heterocycles. The third-order valence-electron chi connectivity index (χ3n) is 6.29. The summed E-state index contributed by atoms with van der Waals surface area (Å²) in [5, 5.41) is 0. The molecule has 1 aromatic rings. The molecule has 0 radical (unpaired) electrons. The summed E-state index contributed by atoms with van der Waals surface area (Å²) in [6.07, 6.45) is 9.95. The molecule has 0 atom stereocenters. The normalized spacial score (nSPS) is 12.7. The quantitative estimate of drug-likeness (QED) is 0.217. The molecule has 1 aromatic carbocycles. The fraction of sp³-hybridized carbons (Fsp3) is 0.679. The van der Waals surface area contributed by atoms with Crippen molar-refractivity contribution in [2.24, 2.45) is 0 Å². The van der Waals surface area contributed by atoms with Gasteiger partial charge in [-0.15, -0.1) is 0 Å². The molecule has 0 aromatic heterocycles. The topological polar surface area (TPSA) is 29.5 Å². The molecule has 0 unspecified atom stereocenters. The molecule has 0 aliphatic heterocycles. The number of amides is 1. The second kappa shape index (κ2) is 15.0. The predicted molar refractivity (Wildman–Crippen MR) is 142 cm³/mol. The Labute approximate surface area is 202 Å². The second-order valence-corrected chi connectivity index (χ2v) is 23.6. The summed E-state index contributed by atoms with van der Waals surface area (Å²) in [5.74, 6) is 0. The van der Waals surface area contributed by atoms with Crippen molar-refractivity contribution in [3.8, 4) is 0 Å². The number of benzene rings is 1. The maximum absolute atomic E-state index is 13.3. The summed E-state index contributed by atoms with van der Waals surface area (Å²) in [4.78, 5) is 15.2. The van der Waals surface area contributed by atoms with Crippen molar-refractivity contribution in [1.29, 1.82) is 0 Å². The van der Waals surface area contributed by atoms with Crippen LogP contribution in [0, 0.1) is 0 Å². The van der Waals surface area contributed by atoms with Crippen molar-refractivity contribution in [1.82, 2.24) is 4.90 Å². The summed E-state index contributed by atoms with van der Waals surface area (Å²) in [5.41, 5.74) is 0.667. The third kappa shape index (κ3) is 10.3. The first-order valence-electron chi connectivity index (χ1n) is 12.9. The first kappa shape index (κ1) is 29.1. The van der Waals surface area contributed by atoms with Gasteiger partial charge in [-0.1, -0.05) is 0 Å². The number of unbranched alkanes of at least 4 members (excludes halogenated alkanes) is 3. The van der Waals surface area contributed by atoms with Gasteiger partial charge in [-0.05, 0) is 0 Å². The Morgan fingerprint density at radius 1 is 0.938 bits per heavy atom. The van der Waals surface area contributed by atoms with Crippen LogP contribution < -0.4 is 0 Å². The van der Waals surface area contributed by atoms with E-state index in [-0.39, 0.29) is 6.09 Å².